The Morgan fingerprint density at radius 3 is 2.52 bits per heavy atom. The molecule has 2 aromatic rings. The number of hydrogen-bond donors (Lipinski definition) is 2. The maximum atomic E-state index is 13.9. The van der Waals surface area contributed by atoms with Crippen molar-refractivity contribution in [2.24, 2.45) is 11.8 Å². The molecule has 1 spiro atoms. The lowest BCUT2D eigenvalue weighted by molar-refractivity contribution is -0.139. The van der Waals surface area contributed by atoms with Gasteiger partial charge in [0.25, 0.3) is 5.91 Å². The van der Waals surface area contributed by atoms with Crippen molar-refractivity contribution in [1.82, 2.24) is 20.7 Å². The van der Waals surface area contributed by atoms with Gasteiger partial charge in [-0.1, -0.05) is 93.9 Å². The van der Waals surface area contributed by atoms with E-state index < -0.39 is 18.0 Å². The third kappa shape index (κ3) is 6.01. The van der Waals surface area contributed by atoms with Crippen molar-refractivity contribution in [3.05, 3.63) is 59.5 Å². The number of fused-ring (bicyclic) bond motifs is 2. The maximum absolute atomic E-state index is 13.9. The number of benzene rings is 1. The van der Waals surface area contributed by atoms with Crippen molar-refractivity contribution in [3.63, 3.8) is 0 Å². The van der Waals surface area contributed by atoms with E-state index >= 15 is 0 Å². The summed E-state index contributed by atoms with van der Waals surface area (Å²) in [5.74, 6) is -0.423. The Balaban J connectivity index is 1.27. The number of nitrogens with one attached hydrogen (secondary N) is 2. The molecular weight excluding hydrogens is 504 g/mol. The first-order chi connectivity index (χ1) is 19.4. The third-order valence-electron chi connectivity index (χ3n) is 9.40. The summed E-state index contributed by atoms with van der Waals surface area (Å²) in [4.78, 5) is 42.4. The molecule has 0 unspecified atom stereocenters. The quantitative estimate of drug-likeness (QED) is 0.467. The number of piperidine rings is 1. The lowest BCUT2D eigenvalue weighted by Gasteiger charge is -2.41. The fourth-order valence-electron chi connectivity index (χ4n) is 6.68. The Hall–Kier alpha value is -3.42. The maximum Gasteiger partial charge on any atom is 0.290 e. The number of aromatic nitrogens is 1. The molecule has 5 rings (SSSR count). The average molecular weight is 547 g/mol. The molecule has 1 saturated carbocycles. The molecular formula is C32H42N4O4. The summed E-state index contributed by atoms with van der Waals surface area (Å²) >= 11 is 0. The molecule has 2 heterocycles. The number of hydrogen-bond acceptors (Lipinski definition) is 5. The van der Waals surface area contributed by atoms with Crippen LogP contribution in [0.2, 0.25) is 0 Å². The second-order valence-corrected chi connectivity index (χ2v) is 11.9. The van der Waals surface area contributed by atoms with Crippen molar-refractivity contribution >= 4 is 23.8 Å². The first-order valence-corrected chi connectivity index (χ1v) is 15.0. The van der Waals surface area contributed by atoms with Crippen molar-refractivity contribution < 1.29 is 18.9 Å². The highest BCUT2D eigenvalue weighted by molar-refractivity contribution is 5.96. The minimum Gasteiger partial charge on any atom is -0.351 e. The van der Waals surface area contributed by atoms with Crippen LogP contribution < -0.4 is 10.6 Å². The van der Waals surface area contributed by atoms with Crippen LogP contribution in [0.4, 0.5) is 0 Å². The standard InChI is InChI=1S/C32H42N4O4/c1-3-22(2)28(31(39)36-19-16-32(17-20-36)15-13-24-11-7-8-12-25(24)32)35-29(37)26(21-23-9-5-4-6-10-23)34-30(38)27-14-18-33-40-27/h7-8,11-15,18,22-23,26,28H,3-6,9-10,16-17,19-21H2,1-2H3,(H,34,38)(H,35,37)/t22-,26-,28-/m1/s1. The summed E-state index contributed by atoms with van der Waals surface area (Å²) in [6.45, 7) is 5.34. The molecule has 1 aromatic heterocycles. The number of carbonyl (C=O) groups is 3. The van der Waals surface area contributed by atoms with Gasteiger partial charge in [-0.05, 0) is 42.2 Å². The zero-order valence-electron chi connectivity index (χ0n) is 23.7. The monoisotopic (exact) mass is 546 g/mol. The SMILES string of the molecule is CC[C@@H](C)[C@@H](NC(=O)[C@@H](CC1CCCCC1)NC(=O)c1ccno1)C(=O)N1CCC2(C=Cc3ccccc32)CC1. The van der Waals surface area contributed by atoms with Crippen LogP contribution in [0.25, 0.3) is 6.08 Å². The van der Waals surface area contributed by atoms with E-state index in [1.54, 1.807) is 0 Å². The number of rotatable bonds is 9. The first kappa shape index (κ1) is 28.1. The highest BCUT2D eigenvalue weighted by Crippen LogP contribution is 2.43. The van der Waals surface area contributed by atoms with E-state index in [0.29, 0.717) is 25.4 Å². The van der Waals surface area contributed by atoms with E-state index in [4.69, 9.17) is 4.52 Å². The molecule has 0 radical (unpaired) electrons. The van der Waals surface area contributed by atoms with Crippen LogP contribution in [0.15, 0.2) is 47.1 Å². The van der Waals surface area contributed by atoms with Gasteiger partial charge in [-0.25, -0.2) is 0 Å². The Labute approximate surface area is 236 Å². The van der Waals surface area contributed by atoms with Gasteiger partial charge in [0.05, 0.1) is 6.20 Å². The van der Waals surface area contributed by atoms with Crippen LogP contribution in [0.5, 0.6) is 0 Å². The third-order valence-corrected chi connectivity index (χ3v) is 9.40. The van der Waals surface area contributed by atoms with Crippen LogP contribution >= 0.6 is 0 Å². The highest BCUT2D eigenvalue weighted by Gasteiger charge is 2.41. The van der Waals surface area contributed by atoms with Gasteiger partial charge in [0.15, 0.2) is 0 Å². The second-order valence-electron chi connectivity index (χ2n) is 11.9. The Bertz CT molecular complexity index is 1210. The number of amides is 3. The number of allylic oxidation sites excluding steroid dienone is 1. The lowest BCUT2D eigenvalue weighted by atomic mass is 9.74. The smallest absolute Gasteiger partial charge is 0.290 e. The van der Waals surface area contributed by atoms with E-state index in [2.05, 4.69) is 52.2 Å². The summed E-state index contributed by atoms with van der Waals surface area (Å²) in [6.07, 6.45) is 14.5. The van der Waals surface area contributed by atoms with Gasteiger partial charge in [0.2, 0.25) is 17.6 Å². The first-order valence-electron chi connectivity index (χ1n) is 15.0. The molecule has 2 fully saturated rings. The number of carbonyl (C=O) groups excluding carboxylic acids is 3. The molecule has 8 heteroatoms. The lowest BCUT2D eigenvalue weighted by Crippen LogP contribution is -2.58. The summed E-state index contributed by atoms with van der Waals surface area (Å²) in [7, 11) is 0. The van der Waals surface area contributed by atoms with Crippen LogP contribution in [-0.4, -0.2) is 53.0 Å². The van der Waals surface area contributed by atoms with Crippen molar-refractivity contribution in [2.45, 2.75) is 89.1 Å². The number of nitrogens with zero attached hydrogens (tertiary/aromatic N) is 2. The summed E-state index contributed by atoms with van der Waals surface area (Å²) in [5, 5.41) is 9.57. The molecule has 3 aliphatic rings. The zero-order chi connectivity index (χ0) is 28.1. The van der Waals surface area contributed by atoms with Gasteiger partial charge in [-0.3, -0.25) is 14.4 Å². The predicted molar refractivity (Wildman–Crippen MR) is 153 cm³/mol. The fraction of sp³-hybridized carbons (Fsp3) is 0.562. The van der Waals surface area contributed by atoms with Gasteiger partial charge in [0, 0.05) is 24.6 Å². The summed E-state index contributed by atoms with van der Waals surface area (Å²) in [6, 6.07) is 8.60. The largest absolute Gasteiger partial charge is 0.351 e. The van der Waals surface area contributed by atoms with Crippen LogP contribution in [0.1, 0.15) is 93.3 Å². The zero-order valence-corrected chi connectivity index (χ0v) is 23.7. The predicted octanol–water partition coefficient (Wildman–Crippen LogP) is 4.86. The minimum atomic E-state index is -0.746. The van der Waals surface area contributed by atoms with E-state index in [1.165, 1.54) is 29.8 Å². The van der Waals surface area contributed by atoms with Gasteiger partial charge in [0.1, 0.15) is 12.1 Å². The fourth-order valence-corrected chi connectivity index (χ4v) is 6.68. The molecule has 8 nitrogen and oxygen atoms in total. The van der Waals surface area contributed by atoms with E-state index in [1.807, 2.05) is 18.7 Å². The molecule has 3 atom stereocenters. The molecule has 1 aromatic carbocycles. The molecule has 2 aliphatic carbocycles. The van der Waals surface area contributed by atoms with Gasteiger partial charge in [-0.2, -0.15) is 0 Å². The Morgan fingerprint density at radius 2 is 1.82 bits per heavy atom. The summed E-state index contributed by atoms with van der Waals surface area (Å²) in [5.41, 5.74) is 2.60. The van der Waals surface area contributed by atoms with E-state index in [9.17, 15) is 14.4 Å². The van der Waals surface area contributed by atoms with E-state index in [-0.39, 0.29) is 28.9 Å². The molecule has 214 valence electrons. The van der Waals surface area contributed by atoms with Gasteiger partial charge < -0.3 is 20.1 Å². The van der Waals surface area contributed by atoms with Gasteiger partial charge >= 0.3 is 0 Å². The molecule has 0 bridgehead atoms. The van der Waals surface area contributed by atoms with E-state index in [0.717, 1.165) is 44.9 Å². The Morgan fingerprint density at radius 1 is 1.07 bits per heavy atom. The molecule has 3 amide bonds. The Kier molecular flexibility index (Phi) is 8.72. The van der Waals surface area contributed by atoms with Crippen LogP contribution in [0, 0.1) is 11.8 Å². The molecule has 2 N–H and O–H groups in total. The molecule has 1 aliphatic heterocycles. The number of likely N-dealkylation sites (tertiary alicyclic amines) is 1. The second kappa shape index (κ2) is 12.4. The minimum absolute atomic E-state index is 0.0153. The summed E-state index contributed by atoms with van der Waals surface area (Å²) < 4.78 is 5.02. The topological polar surface area (TPSA) is 105 Å². The van der Waals surface area contributed by atoms with Crippen molar-refractivity contribution in [1.29, 1.82) is 0 Å². The van der Waals surface area contributed by atoms with Crippen LogP contribution in [-0.2, 0) is 15.0 Å². The normalized spacial score (nSPS) is 20.5. The van der Waals surface area contributed by atoms with Gasteiger partial charge in [-0.15, -0.1) is 0 Å². The average Bonchev–Trinajstić information content (AvgIpc) is 3.65. The highest BCUT2D eigenvalue weighted by atomic mass is 16.5. The molecule has 1 saturated heterocycles. The van der Waals surface area contributed by atoms with Crippen LogP contribution in [0.3, 0.4) is 0 Å². The molecule has 40 heavy (non-hydrogen) atoms. The van der Waals surface area contributed by atoms with Crippen molar-refractivity contribution in [3.8, 4) is 0 Å². The van der Waals surface area contributed by atoms with Crippen molar-refractivity contribution in [2.75, 3.05) is 13.1 Å².